The van der Waals surface area contributed by atoms with Gasteiger partial charge in [0, 0.05) is 16.1 Å². The van der Waals surface area contributed by atoms with Gasteiger partial charge in [0.2, 0.25) is 11.7 Å². The van der Waals surface area contributed by atoms with Crippen LogP contribution in [0, 0.1) is 0 Å². The molecule has 0 saturated heterocycles. The summed E-state index contributed by atoms with van der Waals surface area (Å²) in [7, 11) is 1.59. The Kier molecular flexibility index (Phi) is 4.77. The molecule has 0 bridgehead atoms. The molecule has 0 fully saturated rings. The first-order valence-corrected chi connectivity index (χ1v) is 7.54. The molecule has 0 aliphatic rings. The van der Waals surface area contributed by atoms with E-state index < -0.39 is 0 Å². The molecule has 1 N–H and O–H groups in total. The third-order valence-electron chi connectivity index (χ3n) is 3.28. The van der Waals surface area contributed by atoms with E-state index in [1.165, 1.54) is 0 Å². The van der Waals surface area contributed by atoms with Crippen molar-refractivity contribution >= 4 is 17.5 Å². The largest absolute Gasteiger partial charge is 0.497 e. The number of rotatable bonds is 5. The predicted octanol–water partition coefficient (Wildman–Crippen LogP) is 3.33. The van der Waals surface area contributed by atoms with Crippen LogP contribution >= 0.6 is 11.6 Å². The summed E-state index contributed by atoms with van der Waals surface area (Å²) in [6, 6.07) is 14.0. The Hall–Kier alpha value is -2.86. The van der Waals surface area contributed by atoms with Crippen LogP contribution in [0.25, 0.3) is 11.4 Å². The number of aromatic nitrogens is 2. The quantitative estimate of drug-likeness (QED) is 0.768. The smallest absolute Gasteiger partial charge is 0.251 e. The topological polar surface area (TPSA) is 77.3 Å². The Morgan fingerprint density at radius 3 is 2.88 bits per heavy atom. The summed E-state index contributed by atoms with van der Waals surface area (Å²) in [6.07, 6.45) is 0. The van der Waals surface area contributed by atoms with Crippen molar-refractivity contribution in [3.63, 3.8) is 0 Å². The maximum atomic E-state index is 12.1. The molecule has 24 heavy (non-hydrogen) atoms. The number of carbonyl (C=O) groups is 1. The van der Waals surface area contributed by atoms with Crippen LogP contribution < -0.4 is 10.1 Å². The van der Waals surface area contributed by atoms with Crippen LogP contribution in [0.4, 0.5) is 0 Å². The van der Waals surface area contributed by atoms with Gasteiger partial charge in [0.25, 0.3) is 5.91 Å². The standard InChI is InChI=1S/C17H14ClN3O3/c1-23-14-7-3-4-11(9-14)16-20-15(24-21-16)10-19-17(22)12-5-2-6-13(18)8-12/h2-9H,10H2,1H3,(H,19,22). The van der Waals surface area contributed by atoms with Gasteiger partial charge in [-0.1, -0.05) is 35.0 Å². The molecule has 3 aromatic rings. The highest BCUT2D eigenvalue weighted by Crippen LogP contribution is 2.21. The number of hydrogen-bond donors (Lipinski definition) is 1. The van der Waals surface area contributed by atoms with Crippen LogP contribution in [-0.2, 0) is 6.54 Å². The van der Waals surface area contributed by atoms with Crippen molar-refractivity contribution in [3.8, 4) is 17.1 Å². The summed E-state index contributed by atoms with van der Waals surface area (Å²) in [5.41, 5.74) is 1.24. The van der Waals surface area contributed by atoms with Gasteiger partial charge in [-0.15, -0.1) is 0 Å². The summed E-state index contributed by atoms with van der Waals surface area (Å²) >= 11 is 5.87. The zero-order valence-electron chi connectivity index (χ0n) is 12.8. The molecule has 0 radical (unpaired) electrons. The number of nitrogens with zero attached hydrogens (tertiary/aromatic N) is 2. The fourth-order valence-electron chi connectivity index (χ4n) is 2.09. The molecule has 0 atom stereocenters. The van der Waals surface area contributed by atoms with E-state index in [1.807, 2.05) is 18.2 Å². The number of carbonyl (C=O) groups excluding carboxylic acids is 1. The average Bonchev–Trinajstić information content (AvgIpc) is 3.09. The summed E-state index contributed by atoms with van der Waals surface area (Å²) in [5, 5.41) is 7.12. The second-order valence-electron chi connectivity index (χ2n) is 4.94. The highest BCUT2D eigenvalue weighted by atomic mass is 35.5. The normalized spacial score (nSPS) is 10.4. The minimum atomic E-state index is -0.265. The van der Waals surface area contributed by atoms with Crippen molar-refractivity contribution in [2.24, 2.45) is 0 Å². The molecular weight excluding hydrogens is 330 g/mol. The van der Waals surface area contributed by atoms with E-state index in [1.54, 1.807) is 37.4 Å². The van der Waals surface area contributed by atoms with Gasteiger partial charge in [-0.3, -0.25) is 4.79 Å². The molecule has 0 spiro atoms. The summed E-state index contributed by atoms with van der Waals surface area (Å²) in [5.74, 6) is 1.18. The van der Waals surface area contributed by atoms with Crippen LogP contribution in [0.3, 0.4) is 0 Å². The van der Waals surface area contributed by atoms with E-state index >= 15 is 0 Å². The molecule has 1 amide bonds. The van der Waals surface area contributed by atoms with E-state index in [0.717, 1.165) is 5.56 Å². The average molecular weight is 344 g/mol. The second kappa shape index (κ2) is 7.14. The molecule has 1 heterocycles. The second-order valence-corrected chi connectivity index (χ2v) is 5.37. The highest BCUT2D eigenvalue weighted by molar-refractivity contribution is 6.30. The maximum Gasteiger partial charge on any atom is 0.251 e. The number of methoxy groups -OCH3 is 1. The molecule has 3 rings (SSSR count). The minimum Gasteiger partial charge on any atom is -0.497 e. The first-order chi connectivity index (χ1) is 11.7. The number of hydrogen-bond acceptors (Lipinski definition) is 5. The van der Waals surface area contributed by atoms with Crippen molar-refractivity contribution in [2.45, 2.75) is 6.54 Å². The van der Waals surface area contributed by atoms with Gasteiger partial charge in [-0.05, 0) is 30.3 Å². The molecule has 7 heteroatoms. The zero-order valence-corrected chi connectivity index (χ0v) is 13.6. The van der Waals surface area contributed by atoms with Gasteiger partial charge in [0.15, 0.2) is 0 Å². The van der Waals surface area contributed by atoms with Crippen LogP contribution in [0.15, 0.2) is 53.1 Å². The van der Waals surface area contributed by atoms with E-state index in [2.05, 4.69) is 15.5 Å². The third kappa shape index (κ3) is 3.72. The first kappa shape index (κ1) is 16.0. The lowest BCUT2D eigenvalue weighted by atomic mass is 10.2. The number of ether oxygens (including phenoxy) is 1. The number of amides is 1. The van der Waals surface area contributed by atoms with Gasteiger partial charge in [-0.2, -0.15) is 4.98 Å². The fourth-order valence-corrected chi connectivity index (χ4v) is 2.28. The Morgan fingerprint density at radius 2 is 2.08 bits per heavy atom. The molecular formula is C17H14ClN3O3. The Morgan fingerprint density at radius 1 is 1.25 bits per heavy atom. The van der Waals surface area contributed by atoms with E-state index in [-0.39, 0.29) is 12.5 Å². The van der Waals surface area contributed by atoms with Gasteiger partial charge in [-0.25, -0.2) is 0 Å². The van der Waals surface area contributed by atoms with E-state index in [4.69, 9.17) is 20.9 Å². The SMILES string of the molecule is COc1cccc(-c2noc(CNC(=O)c3cccc(Cl)c3)n2)c1. The number of benzene rings is 2. The fraction of sp³-hybridized carbons (Fsp3) is 0.118. The molecule has 0 saturated carbocycles. The Balaban J connectivity index is 1.67. The third-order valence-corrected chi connectivity index (χ3v) is 3.52. The lowest BCUT2D eigenvalue weighted by Gasteiger charge is -2.02. The molecule has 122 valence electrons. The molecule has 0 aliphatic carbocycles. The van der Waals surface area contributed by atoms with Gasteiger partial charge >= 0.3 is 0 Å². The zero-order chi connectivity index (χ0) is 16.9. The molecule has 1 aromatic heterocycles. The molecule has 2 aromatic carbocycles. The molecule has 6 nitrogen and oxygen atoms in total. The lowest BCUT2D eigenvalue weighted by molar-refractivity contribution is 0.0946. The van der Waals surface area contributed by atoms with E-state index in [9.17, 15) is 4.79 Å². The van der Waals surface area contributed by atoms with Crippen molar-refractivity contribution < 1.29 is 14.1 Å². The minimum absolute atomic E-state index is 0.127. The summed E-state index contributed by atoms with van der Waals surface area (Å²) < 4.78 is 10.3. The van der Waals surface area contributed by atoms with Gasteiger partial charge in [0.05, 0.1) is 13.7 Å². The van der Waals surface area contributed by atoms with Crippen molar-refractivity contribution in [3.05, 3.63) is 65.0 Å². The van der Waals surface area contributed by atoms with Crippen LogP contribution in [0.2, 0.25) is 5.02 Å². The van der Waals surface area contributed by atoms with Crippen LogP contribution in [0.5, 0.6) is 5.75 Å². The summed E-state index contributed by atoms with van der Waals surface area (Å²) in [4.78, 5) is 16.3. The van der Waals surface area contributed by atoms with Gasteiger partial charge < -0.3 is 14.6 Å². The van der Waals surface area contributed by atoms with Gasteiger partial charge in [0.1, 0.15) is 5.75 Å². The van der Waals surface area contributed by atoms with Crippen molar-refractivity contribution in [2.75, 3.05) is 7.11 Å². The Bertz CT molecular complexity index is 864. The molecule has 0 unspecified atom stereocenters. The molecule has 0 aliphatic heterocycles. The highest BCUT2D eigenvalue weighted by Gasteiger charge is 2.11. The predicted molar refractivity (Wildman–Crippen MR) is 88.9 cm³/mol. The number of halogens is 1. The monoisotopic (exact) mass is 343 g/mol. The van der Waals surface area contributed by atoms with Crippen molar-refractivity contribution in [1.29, 1.82) is 0 Å². The van der Waals surface area contributed by atoms with Crippen molar-refractivity contribution in [1.82, 2.24) is 15.5 Å². The number of nitrogens with one attached hydrogen (secondary N) is 1. The Labute approximate surface area is 143 Å². The summed E-state index contributed by atoms with van der Waals surface area (Å²) in [6.45, 7) is 0.127. The van der Waals surface area contributed by atoms with Crippen LogP contribution in [-0.4, -0.2) is 23.2 Å². The first-order valence-electron chi connectivity index (χ1n) is 7.16. The van der Waals surface area contributed by atoms with E-state index in [0.29, 0.717) is 28.1 Å². The lowest BCUT2D eigenvalue weighted by Crippen LogP contribution is -2.22. The maximum absolute atomic E-state index is 12.1. The van der Waals surface area contributed by atoms with Crippen LogP contribution in [0.1, 0.15) is 16.2 Å².